The number of carbonyl (C=O) groups is 1. The minimum Gasteiger partial charge on any atom is -0.352 e. The molecule has 1 fully saturated rings. The van der Waals surface area contributed by atoms with E-state index in [1.165, 1.54) is 5.56 Å². The molecule has 7 heteroatoms. The molecule has 1 aliphatic rings. The molecule has 0 aliphatic carbocycles. The summed E-state index contributed by atoms with van der Waals surface area (Å²) in [5.41, 5.74) is 3.82. The molecule has 150 valence electrons. The molecule has 2 aromatic heterocycles. The van der Waals surface area contributed by atoms with Gasteiger partial charge in [0, 0.05) is 38.6 Å². The Balaban J connectivity index is 1.54. The third-order valence-corrected chi connectivity index (χ3v) is 5.30. The molecular weight excluding hydrogens is 364 g/mol. The molecule has 1 amide bonds. The van der Waals surface area contributed by atoms with Crippen LogP contribution in [0.2, 0.25) is 0 Å². The quantitative estimate of drug-likeness (QED) is 0.685. The molecule has 0 atom stereocenters. The molecule has 29 heavy (non-hydrogen) atoms. The lowest BCUT2D eigenvalue weighted by atomic mass is 10.0. The van der Waals surface area contributed by atoms with Crippen molar-refractivity contribution in [2.75, 3.05) is 31.1 Å². The normalized spacial score (nSPS) is 14.5. The van der Waals surface area contributed by atoms with E-state index in [0.717, 1.165) is 30.3 Å². The summed E-state index contributed by atoms with van der Waals surface area (Å²) in [6.07, 6.45) is 6.84. The number of anilines is 1. The number of aromatic nitrogens is 4. The Bertz CT molecular complexity index is 972. The van der Waals surface area contributed by atoms with E-state index in [0.29, 0.717) is 18.7 Å². The van der Waals surface area contributed by atoms with Crippen LogP contribution in [0, 0.1) is 6.92 Å². The number of piperazine rings is 1. The Kier molecular flexibility index (Phi) is 5.29. The maximum absolute atomic E-state index is 13.3. The van der Waals surface area contributed by atoms with Crippen molar-refractivity contribution in [2.24, 2.45) is 0 Å². The number of hydrogen-bond acceptors (Lipinski definition) is 5. The van der Waals surface area contributed by atoms with Crippen LogP contribution in [0.25, 0.3) is 5.69 Å². The zero-order valence-corrected chi connectivity index (χ0v) is 17.1. The first-order chi connectivity index (χ1) is 14.0. The van der Waals surface area contributed by atoms with Gasteiger partial charge >= 0.3 is 0 Å². The van der Waals surface area contributed by atoms with Crippen molar-refractivity contribution >= 4 is 11.7 Å². The van der Waals surface area contributed by atoms with Crippen LogP contribution in [-0.4, -0.2) is 56.7 Å². The van der Waals surface area contributed by atoms with Crippen LogP contribution in [0.4, 0.5) is 5.82 Å². The van der Waals surface area contributed by atoms with E-state index in [2.05, 4.69) is 52.9 Å². The fourth-order valence-electron chi connectivity index (χ4n) is 3.73. The minimum atomic E-state index is 0.0471. The third-order valence-electron chi connectivity index (χ3n) is 5.30. The molecule has 1 aromatic carbocycles. The average molecular weight is 390 g/mol. The summed E-state index contributed by atoms with van der Waals surface area (Å²) >= 11 is 0. The molecule has 0 spiro atoms. The van der Waals surface area contributed by atoms with Crippen molar-refractivity contribution in [1.29, 1.82) is 0 Å². The molecule has 0 radical (unpaired) electrons. The minimum absolute atomic E-state index is 0.0471. The van der Waals surface area contributed by atoms with Gasteiger partial charge in [-0.25, -0.2) is 9.67 Å². The second-order valence-electron chi connectivity index (χ2n) is 7.69. The standard InChI is InChI=1S/C22H26N6O/c1-16(2)21-19(14-25-28(21)18-6-4-17(3)5-7-18)22(29)27-12-10-26(11-13-27)20-15-23-8-9-24-20/h4-9,14-16H,10-13H2,1-3H3. The predicted molar refractivity (Wildman–Crippen MR) is 113 cm³/mol. The Morgan fingerprint density at radius 3 is 2.34 bits per heavy atom. The highest BCUT2D eigenvalue weighted by Gasteiger charge is 2.27. The van der Waals surface area contributed by atoms with Gasteiger partial charge < -0.3 is 9.80 Å². The van der Waals surface area contributed by atoms with Crippen molar-refractivity contribution < 1.29 is 4.79 Å². The summed E-state index contributed by atoms with van der Waals surface area (Å²) in [7, 11) is 0. The molecule has 0 bridgehead atoms. The second kappa shape index (κ2) is 8.03. The third kappa shape index (κ3) is 3.85. The summed E-state index contributed by atoms with van der Waals surface area (Å²) in [4.78, 5) is 25.9. The fourth-order valence-corrected chi connectivity index (χ4v) is 3.73. The van der Waals surface area contributed by atoms with E-state index in [1.54, 1.807) is 24.8 Å². The van der Waals surface area contributed by atoms with Crippen LogP contribution in [-0.2, 0) is 0 Å². The highest BCUT2D eigenvalue weighted by molar-refractivity contribution is 5.95. The van der Waals surface area contributed by atoms with Crippen molar-refractivity contribution in [3.8, 4) is 5.69 Å². The van der Waals surface area contributed by atoms with E-state index in [1.807, 2.05) is 21.7 Å². The van der Waals surface area contributed by atoms with Gasteiger partial charge in [-0.1, -0.05) is 31.5 Å². The van der Waals surface area contributed by atoms with Crippen molar-refractivity contribution in [2.45, 2.75) is 26.7 Å². The lowest BCUT2D eigenvalue weighted by molar-refractivity contribution is 0.0745. The summed E-state index contributed by atoms with van der Waals surface area (Å²) in [5, 5.41) is 4.56. The zero-order valence-electron chi connectivity index (χ0n) is 17.1. The SMILES string of the molecule is Cc1ccc(-n2ncc(C(=O)N3CCN(c4cnccn4)CC3)c2C(C)C)cc1. The molecule has 1 aliphatic heterocycles. The molecule has 3 heterocycles. The van der Waals surface area contributed by atoms with E-state index >= 15 is 0 Å². The lowest BCUT2D eigenvalue weighted by Gasteiger charge is -2.35. The molecule has 0 unspecified atom stereocenters. The van der Waals surface area contributed by atoms with Crippen LogP contribution in [0.1, 0.15) is 41.4 Å². The Labute approximate surface area is 171 Å². The van der Waals surface area contributed by atoms with Crippen molar-refractivity contribution in [3.63, 3.8) is 0 Å². The number of benzene rings is 1. The first-order valence-corrected chi connectivity index (χ1v) is 10.00. The number of hydrogen-bond donors (Lipinski definition) is 0. The highest BCUT2D eigenvalue weighted by Crippen LogP contribution is 2.25. The fraction of sp³-hybridized carbons (Fsp3) is 0.364. The number of amides is 1. The van der Waals surface area contributed by atoms with Gasteiger partial charge in [0.05, 0.1) is 29.3 Å². The smallest absolute Gasteiger partial charge is 0.257 e. The van der Waals surface area contributed by atoms with Gasteiger partial charge in [-0.15, -0.1) is 0 Å². The Morgan fingerprint density at radius 2 is 1.72 bits per heavy atom. The van der Waals surface area contributed by atoms with Crippen LogP contribution < -0.4 is 4.90 Å². The number of rotatable bonds is 4. The van der Waals surface area contributed by atoms with Crippen molar-refractivity contribution in [3.05, 3.63) is 65.9 Å². The van der Waals surface area contributed by atoms with E-state index in [-0.39, 0.29) is 11.8 Å². The molecule has 1 saturated heterocycles. The summed E-state index contributed by atoms with van der Waals surface area (Å²) in [6, 6.07) is 8.22. The Morgan fingerprint density at radius 1 is 1.00 bits per heavy atom. The van der Waals surface area contributed by atoms with Crippen LogP contribution in [0.5, 0.6) is 0 Å². The van der Waals surface area contributed by atoms with Gasteiger partial charge in [0.25, 0.3) is 5.91 Å². The molecule has 7 nitrogen and oxygen atoms in total. The predicted octanol–water partition coefficient (Wildman–Crippen LogP) is 3.06. The lowest BCUT2D eigenvalue weighted by Crippen LogP contribution is -2.49. The average Bonchev–Trinajstić information content (AvgIpc) is 3.20. The van der Waals surface area contributed by atoms with Gasteiger partial charge in [-0.3, -0.25) is 9.78 Å². The van der Waals surface area contributed by atoms with E-state index in [4.69, 9.17) is 0 Å². The summed E-state index contributed by atoms with van der Waals surface area (Å²) in [5.74, 6) is 1.08. The topological polar surface area (TPSA) is 67.2 Å². The van der Waals surface area contributed by atoms with Crippen molar-refractivity contribution in [1.82, 2.24) is 24.6 Å². The number of aryl methyl sites for hydroxylation is 1. The monoisotopic (exact) mass is 390 g/mol. The molecule has 0 N–H and O–H groups in total. The maximum atomic E-state index is 13.3. The van der Waals surface area contributed by atoms with Gasteiger partial charge in [-0.05, 0) is 25.0 Å². The highest BCUT2D eigenvalue weighted by atomic mass is 16.2. The van der Waals surface area contributed by atoms with Gasteiger partial charge in [-0.2, -0.15) is 5.10 Å². The molecular formula is C22H26N6O. The molecule has 3 aromatic rings. The van der Waals surface area contributed by atoms with Gasteiger partial charge in [0.1, 0.15) is 5.82 Å². The van der Waals surface area contributed by atoms with Crippen LogP contribution in [0.15, 0.2) is 49.1 Å². The summed E-state index contributed by atoms with van der Waals surface area (Å²) < 4.78 is 1.90. The second-order valence-corrected chi connectivity index (χ2v) is 7.69. The molecule has 4 rings (SSSR count). The zero-order chi connectivity index (χ0) is 20.4. The van der Waals surface area contributed by atoms with Crippen LogP contribution >= 0.6 is 0 Å². The number of nitrogens with zero attached hydrogens (tertiary/aromatic N) is 6. The van der Waals surface area contributed by atoms with Gasteiger partial charge in [0.15, 0.2) is 0 Å². The van der Waals surface area contributed by atoms with E-state index in [9.17, 15) is 4.79 Å². The largest absolute Gasteiger partial charge is 0.352 e. The summed E-state index contributed by atoms with van der Waals surface area (Å²) in [6.45, 7) is 9.06. The molecule has 0 saturated carbocycles. The Hall–Kier alpha value is -3.22. The first-order valence-electron chi connectivity index (χ1n) is 10.00. The van der Waals surface area contributed by atoms with Gasteiger partial charge in [0.2, 0.25) is 0 Å². The van der Waals surface area contributed by atoms with Crippen LogP contribution in [0.3, 0.4) is 0 Å². The maximum Gasteiger partial charge on any atom is 0.257 e. The van der Waals surface area contributed by atoms with E-state index < -0.39 is 0 Å². The first kappa shape index (κ1) is 19.1. The number of carbonyl (C=O) groups excluding carboxylic acids is 1.